The molecule has 1 saturated heterocycles. The molecule has 4 heterocycles. The van der Waals surface area contributed by atoms with Gasteiger partial charge < -0.3 is 19.6 Å². The molecule has 2 aliphatic rings. The Morgan fingerprint density at radius 1 is 1.21 bits per heavy atom. The minimum absolute atomic E-state index is 0.182. The highest BCUT2D eigenvalue weighted by Crippen LogP contribution is 2.41. The molecule has 5 rings (SSSR count). The molecule has 7 heteroatoms. The van der Waals surface area contributed by atoms with Crippen LogP contribution in [0.1, 0.15) is 55.5 Å². The molecular formula is C21H26N4O3. The largest absolute Gasteiger partial charge is 0.453 e. The van der Waals surface area contributed by atoms with Crippen LogP contribution in [0.5, 0.6) is 11.5 Å². The summed E-state index contributed by atoms with van der Waals surface area (Å²) < 4.78 is 14.0. The second-order valence-electron chi connectivity index (χ2n) is 7.77. The van der Waals surface area contributed by atoms with Crippen LogP contribution in [-0.2, 0) is 11.2 Å². The molecule has 0 atom stereocenters. The monoisotopic (exact) mass is 382 g/mol. The number of hydrogen-bond donors (Lipinski definition) is 2. The van der Waals surface area contributed by atoms with Gasteiger partial charge in [-0.2, -0.15) is 5.10 Å². The van der Waals surface area contributed by atoms with Crippen molar-refractivity contribution in [3.05, 3.63) is 35.9 Å². The first-order chi connectivity index (χ1) is 13.8. The molecule has 0 bridgehead atoms. The van der Waals surface area contributed by atoms with Gasteiger partial charge in [-0.25, -0.2) is 4.98 Å². The Labute approximate surface area is 163 Å². The zero-order valence-corrected chi connectivity index (χ0v) is 15.9. The maximum Gasteiger partial charge on any atom is 0.168 e. The number of aromatic amines is 1. The number of nitrogens with one attached hydrogen (secondary N) is 1. The summed E-state index contributed by atoms with van der Waals surface area (Å²) in [4.78, 5) is 7.76. The molecule has 0 amide bonds. The maximum atomic E-state index is 9.09. The molecule has 0 aromatic carbocycles. The first kappa shape index (κ1) is 17.7. The summed E-state index contributed by atoms with van der Waals surface area (Å²) in [5.74, 6) is 2.02. The molecule has 7 nitrogen and oxygen atoms in total. The SMILES string of the molecule is OCCCc1cc2c(Oc3cn(C4CC4)nc3C3CCOCC3)ccnc2[nH]1. The molecule has 1 aliphatic carbocycles. The molecule has 3 aromatic rings. The molecule has 28 heavy (non-hydrogen) atoms. The van der Waals surface area contributed by atoms with Gasteiger partial charge in [0.1, 0.15) is 17.1 Å². The third-order valence-electron chi connectivity index (χ3n) is 5.63. The van der Waals surface area contributed by atoms with E-state index in [1.54, 1.807) is 6.20 Å². The zero-order valence-electron chi connectivity index (χ0n) is 15.9. The Morgan fingerprint density at radius 2 is 2.07 bits per heavy atom. The van der Waals surface area contributed by atoms with E-state index >= 15 is 0 Å². The lowest BCUT2D eigenvalue weighted by atomic mass is 9.96. The van der Waals surface area contributed by atoms with Crippen molar-refractivity contribution < 1.29 is 14.6 Å². The molecule has 0 spiro atoms. The summed E-state index contributed by atoms with van der Waals surface area (Å²) in [5.41, 5.74) is 2.93. The van der Waals surface area contributed by atoms with E-state index in [0.717, 1.165) is 72.8 Å². The van der Waals surface area contributed by atoms with Crippen molar-refractivity contribution in [1.29, 1.82) is 0 Å². The van der Waals surface area contributed by atoms with E-state index in [-0.39, 0.29) is 6.61 Å². The number of rotatable bonds is 7. The smallest absolute Gasteiger partial charge is 0.168 e. The first-order valence-corrected chi connectivity index (χ1v) is 10.2. The summed E-state index contributed by atoms with van der Waals surface area (Å²) in [5, 5.41) is 15.0. The van der Waals surface area contributed by atoms with Crippen LogP contribution < -0.4 is 4.74 Å². The molecule has 2 fully saturated rings. The normalized spacial score (nSPS) is 18.0. The summed E-state index contributed by atoms with van der Waals surface area (Å²) >= 11 is 0. The van der Waals surface area contributed by atoms with Gasteiger partial charge >= 0.3 is 0 Å². The van der Waals surface area contributed by atoms with Gasteiger partial charge in [0.15, 0.2) is 5.75 Å². The van der Waals surface area contributed by atoms with E-state index in [1.165, 1.54) is 12.8 Å². The molecule has 2 N–H and O–H groups in total. The Hall–Kier alpha value is -2.38. The van der Waals surface area contributed by atoms with Gasteiger partial charge in [0.05, 0.1) is 17.6 Å². The molecule has 1 saturated carbocycles. The van der Waals surface area contributed by atoms with E-state index in [0.29, 0.717) is 12.0 Å². The Balaban J connectivity index is 1.47. The second kappa shape index (κ2) is 7.56. The predicted octanol–water partition coefficient (Wildman–Crippen LogP) is 3.71. The highest BCUT2D eigenvalue weighted by atomic mass is 16.5. The fourth-order valence-electron chi connectivity index (χ4n) is 3.92. The summed E-state index contributed by atoms with van der Waals surface area (Å²) in [6.45, 7) is 1.75. The number of hydrogen-bond acceptors (Lipinski definition) is 5. The average molecular weight is 382 g/mol. The summed E-state index contributed by atoms with van der Waals surface area (Å²) in [6, 6.07) is 4.51. The van der Waals surface area contributed by atoms with Crippen molar-refractivity contribution in [2.45, 2.75) is 50.5 Å². The Kier molecular flexibility index (Phi) is 4.78. The number of aliphatic hydroxyl groups excluding tert-OH is 1. The van der Waals surface area contributed by atoms with E-state index in [4.69, 9.17) is 19.7 Å². The van der Waals surface area contributed by atoms with Gasteiger partial charge in [-0.1, -0.05) is 0 Å². The lowest BCUT2D eigenvalue weighted by molar-refractivity contribution is 0.0839. The molecule has 0 unspecified atom stereocenters. The zero-order chi connectivity index (χ0) is 18.9. The van der Waals surface area contributed by atoms with Gasteiger partial charge in [0.2, 0.25) is 0 Å². The van der Waals surface area contributed by atoms with E-state index in [2.05, 4.69) is 26.9 Å². The van der Waals surface area contributed by atoms with Crippen LogP contribution >= 0.6 is 0 Å². The number of fused-ring (bicyclic) bond motifs is 1. The molecule has 1 aliphatic heterocycles. The second-order valence-corrected chi connectivity index (χ2v) is 7.77. The lowest BCUT2D eigenvalue weighted by Gasteiger charge is -2.21. The number of aryl methyl sites for hydroxylation is 1. The van der Waals surface area contributed by atoms with Crippen molar-refractivity contribution in [2.75, 3.05) is 19.8 Å². The number of aliphatic hydroxyl groups is 1. The van der Waals surface area contributed by atoms with Crippen molar-refractivity contribution in [3.8, 4) is 11.5 Å². The number of aromatic nitrogens is 4. The van der Waals surface area contributed by atoms with Crippen LogP contribution in [0.3, 0.4) is 0 Å². The average Bonchev–Trinajstić information content (AvgIpc) is 3.35. The maximum absolute atomic E-state index is 9.09. The molecule has 3 aromatic heterocycles. The van der Waals surface area contributed by atoms with Crippen LogP contribution in [0.4, 0.5) is 0 Å². The first-order valence-electron chi connectivity index (χ1n) is 10.2. The topological polar surface area (TPSA) is 85.2 Å². The minimum Gasteiger partial charge on any atom is -0.453 e. The molecule has 0 radical (unpaired) electrons. The third-order valence-corrected chi connectivity index (χ3v) is 5.63. The predicted molar refractivity (Wildman–Crippen MR) is 105 cm³/mol. The third kappa shape index (κ3) is 3.52. The van der Waals surface area contributed by atoms with Crippen molar-refractivity contribution in [3.63, 3.8) is 0 Å². The van der Waals surface area contributed by atoms with Crippen LogP contribution in [0.25, 0.3) is 11.0 Å². The van der Waals surface area contributed by atoms with Crippen molar-refractivity contribution in [2.24, 2.45) is 0 Å². The Bertz CT molecular complexity index is 954. The van der Waals surface area contributed by atoms with Gasteiger partial charge in [0, 0.05) is 37.6 Å². The number of nitrogens with zero attached hydrogens (tertiary/aromatic N) is 3. The number of H-pyrrole nitrogens is 1. The standard InChI is InChI=1S/C21H26N4O3/c26-9-1-2-15-12-17-18(5-8-22-21(17)23-15)28-19-13-25(16-3-4-16)24-20(19)14-6-10-27-11-7-14/h5,8,12-14,16,26H,1-4,6-7,9-11H2,(H,22,23). The highest BCUT2D eigenvalue weighted by Gasteiger charge is 2.30. The van der Waals surface area contributed by atoms with Crippen molar-refractivity contribution >= 4 is 11.0 Å². The minimum atomic E-state index is 0.182. The van der Waals surface area contributed by atoms with Gasteiger partial charge in [-0.3, -0.25) is 4.68 Å². The van der Waals surface area contributed by atoms with Gasteiger partial charge in [-0.15, -0.1) is 0 Å². The van der Waals surface area contributed by atoms with E-state index in [9.17, 15) is 0 Å². The van der Waals surface area contributed by atoms with Crippen LogP contribution in [0.2, 0.25) is 0 Å². The summed E-state index contributed by atoms with van der Waals surface area (Å²) in [7, 11) is 0. The highest BCUT2D eigenvalue weighted by molar-refractivity contribution is 5.83. The lowest BCUT2D eigenvalue weighted by Crippen LogP contribution is -2.15. The molecular weight excluding hydrogens is 356 g/mol. The fraction of sp³-hybridized carbons (Fsp3) is 0.524. The number of pyridine rings is 1. The summed E-state index contributed by atoms with van der Waals surface area (Å²) in [6.07, 6.45) is 9.71. The van der Waals surface area contributed by atoms with Crippen LogP contribution in [-0.4, -0.2) is 44.7 Å². The van der Waals surface area contributed by atoms with Crippen LogP contribution in [0.15, 0.2) is 24.5 Å². The Morgan fingerprint density at radius 3 is 2.86 bits per heavy atom. The van der Waals surface area contributed by atoms with Crippen LogP contribution in [0, 0.1) is 0 Å². The number of ether oxygens (including phenoxy) is 2. The van der Waals surface area contributed by atoms with E-state index < -0.39 is 0 Å². The van der Waals surface area contributed by atoms with E-state index in [1.807, 2.05) is 6.07 Å². The fourth-order valence-corrected chi connectivity index (χ4v) is 3.92. The van der Waals surface area contributed by atoms with Gasteiger partial charge in [-0.05, 0) is 50.7 Å². The van der Waals surface area contributed by atoms with Gasteiger partial charge in [0.25, 0.3) is 0 Å². The quantitative estimate of drug-likeness (QED) is 0.651. The molecule has 148 valence electrons. The van der Waals surface area contributed by atoms with Crippen molar-refractivity contribution in [1.82, 2.24) is 19.7 Å².